The van der Waals surface area contributed by atoms with Gasteiger partial charge in [-0.15, -0.1) is 0 Å². The van der Waals surface area contributed by atoms with Gasteiger partial charge >= 0.3 is 0 Å². The van der Waals surface area contributed by atoms with E-state index in [9.17, 15) is 18.0 Å². The van der Waals surface area contributed by atoms with Crippen LogP contribution in [0.2, 0.25) is 5.02 Å². The van der Waals surface area contributed by atoms with E-state index in [1.165, 1.54) is 16.4 Å². The Bertz CT molecular complexity index is 1020. The van der Waals surface area contributed by atoms with E-state index in [-0.39, 0.29) is 29.7 Å². The monoisotopic (exact) mass is 449 g/mol. The molecule has 2 amide bonds. The number of anilines is 2. The molecule has 3 rings (SSSR count). The predicted octanol–water partition coefficient (Wildman–Crippen LogP) is 3.36. The second-order valence-electron chi connectivity index (χ2n) is 6.98. The van der Waals surface area contributed by atoms with E-state index in [4.69, 9.17) is 11.6 Å². The lowest BCUT2D eigenvalue weighted by molar-refractivity contribution is -0.122. The Balaban J connectivity index is 1.66. The lowest BCUT2D eigenvalue weighted by Crippen LogP contribution is -2.30. The fraction of sp³-hybridized carbons (Fsp3) is 0.333. The summed E-state index contributed by atoms with van der Waals surface area (Å²) in [6, 6.07) is 13.0. The molecule has 9 heteroatoms. The molecule has 0 bridgehead atoms. The summed E-state index contributed by atoms with van der Waals surface area (Å²) in [5, 5.41) is 3.35. The number of halogens is 1. The number of sulfonamides is 1. The van der Waals surface area contributed by atoms with Crippen LogP contribution in [0.5, 0.6) is 0 Å². The summed E-state index contributed by atoms with van der Waals surface area (Å²) in [6.07, 6.45) is 0.114. The van der Waals surface area contributed by atoms with Crippen molar-refractivity contribution in [2.75, 3.05) is 29.9 Å². The maximum absolute atomic E-state index is 12.6. The number of nitrogens with one attached hydrogen (secondary N) is 1. The second kappa shape index (κ2) is 9.16. The number of carbonyl (C=O) groups excluding carboxylic acids is 2. The molecule has 1 heterocycles. The van der Waals surface area contributed by atoms with E-state index < -0.39 is 15.9 Å². The van der Waals surface area contributed by atoms with Crippen LogP contribution in [0.1, 0.15) is 20.3 Å². The van der Waals surface area contributed by atoms with E-state index in [1.807, 2.05) is 0 Å². The van der Waals surface area contributed by atoms with Gasteiger partial charge in [0.25, 0.3) is 0 Å². The Morgan fingerprint density at radius 2 is 1.70 bits per heavy atom. The number of hydrogen-bond acceptors (Lipinski definition) is 4. The lowest BCUT2D eigenvalue weighted by atomic mass is 10.1. The smallest absolute Gasteiger partial charge is 0.243 e. The van der Waals surface area contributed by atoms with Gasteiger partial charge in [0.15, 0.2) is 0 Å². The molecule has 0 saturated carbocycles. The van der Waals surface area contributed by atoms with Crippen molar-refractivity contribution in [2.45, 2.75) is 25.2 Å². The van der Waals surface area contributed by atoms with Gasteiger partial charge < -0.3 is 10.2 Å². The van der Waals surface area contributed by atoms with Crippen LogP contribution in [0.15, 0.2) is 53.4 Å². The third kappa shape index (κ3) is 4.66. The highest BCUT2D eigenvalue weighted by Gasteiger charge is 2.35. The number of amides is 2. The zero-order valence-corrected chi connectivity index (χ0v) is 18.4. The first-order valence-electron chi connectivity index (χ1n) is 9.73. The van der Waals surface area contributed by atoms with Gasteiger partial charge in [-0.25, -0.2) is 8.42 Å². The molecule has 2 aromatic carbocycles. The van der Waals surface area contributed by atoms with E-state index in [1.54, 1.807) is 55.1 Å². The standard InChI is InChI=1S/C21H24ClN3O4S/c1-3-24(4-2)30(28,29)19-11-7-17(8-12-19)23-21(27)15-13-20(26)25(14-15)18-9-5-16(22)6-10-18/h5-12,15H,3-4,13-14H2,1-2H3,(H,23,27). The van der Waals surface area contributed by atoms with Crippen LogP contribution in [-0.4, -0.2) is 44.2 Å². The van der Waals surface area contributed by atoms with Crippen LogP contribution < -0.4 is 10.2 Å². The average Bonchev–Trinajstić information content (AvgIpc) is 3.11. The SMILES string of the molecule is CCN(CC)S(=O)(=O)c1ccc(NC(=O)C2CC(=O)N(c3ccc(Cl)cc3)C2)cc1. The van der Waals surface area contributed by atoms with Crippen LogP contribution in [0.25, 0.3) is 0 Å². The Hall–Kier alpha value is -2.42. The van der Waals surface area contributed by atoms with E-state index in [2.05, 4.69) is 5.32 Å². The number of benzene rings is 2. The van der Waals surface area contributed by atoms with Crippen LogP contribution in [0, 0.1) is 5.92 Å². The van der Waals surface area contributed by atoms with Gasteiger partial charge in [-0.2, -0.15) is 4.31 Å². The maximum atomic E-state index is 12.6. The van der Waals surface area contributed by atoms with Gasteiger partial charge in [-0.3, -0.25) is 9.59 Å². The number of carbonyl (C=O) groups is 2. The fourth-order valence-corrected chi connectivity index (χ4v) is 5.00. The molecule has 0 aromatic heterocycles. The number of hydrogen-bond donors (Lipinski definition) is 1. The minimum Gasteiger partial charge on any atom is -0.326 e. The molecule has 30 heavy (non-hydrogen) atoms. The Labute approximate surface area is 181 Å². The quantitative estimate of drug-likeness (QED) is 0.702. The molecule has 2 aromatic rings. The summed E-state index contributed by atoms with van der Waals surface area (Å²) < 4.78 is 26.5. The molecule has 0 radical (unpaired) electrons. The van der Waals surface area contributed by atoms with Crippen molar-refractivity contribution in [3.8, 4) is 0 Å². The Morgan fingerprint density at radius 3 is 2.27 bits per heavy atom. The summed E-state index contributed by atoms with van der Waals surface area (Å²) in [6.45, 7) is 4.62. The Kier molecular flexibility index (Phi) is 6.80. The number of rotatable bonds is 7. The summed E-state index contributed by atoms with van der Waals surface area (Å²) in [4.78, 5) is 26.7. The molecule has 1 saturated heterocycles. The van der Waals surface area contributed by atoms with E-state index in [0.29, 0.717) is 29.5 Å². The normalized spacial score (nSPS) is 16.9. The molecule has 0 spiro atoms. The van der Waals surface area contributed by atoms with Crippen molar-refractivity contribution in [3.63, 3.8) is 0 Å². The first-order valence-corrected chi connectivity index (χ1v) is 11.5. The highest BCUT2D eigenvalue weighted by molar-refractivity contribution is 7.89. The van der Waals surface area contributed by atoms with Crippen LogP contribution in [0.3, 0.4) is 0 Å². The molecule has 0 aliphatic carbocycles. The fourth-order valence-electron chi connectivity index (χ4n) is 3.42. The molecule has 1 N–H and O–H groups in total. The molecule has 1 fully saturated rings. The predicted molar refractivity (Wildman–Crippen MR) is 117 cm³/mol. The molecule has 160 valence electrons. The highest BCUT2D eigenvalue weighted by atomic mass is 35.5. The van der Waals surface area contributed by atoms with Crippen molar-refractivity contribution in [2.24, 2.45) is 5.92 Å². The van der Waals surface area contributed by atoms with Crippen molar-refractivity contribution in [1.82, 2.24) is 4.31 Å². The third-order valence-electron chi connectivity index (χ3n) is 5.10. The minimum atomic E-state index is -3.55. The molecule has 1 aliphatic heterocycles. The first-order chi connectivity index (χ1) is 14.3. The highest BCUT2D eigenvalue weighted by Crippen LogP contribution is 2.27. The van der Waals surface area contributed by atoms with Gasteiger partial charge in [0.05, 0.1) is 10.8 Å². The van der Waals surface area contributed by atoms with Gasteiger partial charge in [0.1, 0.15) is 0 Å². The topological polar surface area (TPSA) is 86.8 Å². The van der Waals surface area contributed by atoms with Gasteiger partial charge in [-0.05, 0) is 48.5 Å². The second-order valence-corrected chi connectivity index (χ2v) is 9.36. The van der Waals surface area contributed by atoms with Crippen molar-refractivity contribution >= 4 is 44.8 Å². The molecular formula is C21H24ClN3O4S. The zero-order chi connectivity index (χ0) is 21.9. The third-order valence-corrected chi connectivity index (χ3v) is 7.42. The molecule has 7 nitrogen and oxygen atoms in total. The number of nitrogens with zero attached hydrogens (tertiary/aromatic N) is 2. The summed E-state index contributed by atoms with van der Waals surface area (Å²) in [5.74, 6) is -0.899. The first kappa shape index (κ1) is 22.3. The van der Waals surface area contributed by atoms with Crippen molar-refractivity contribution < 1.29 is 18.0 Å². The average molecular weight is 450 g/mol. The minimum absolute atomic E-state index is 0.114. The molecule has 1 aliphatic rings. The summed E-state index contributed by atoms with van der Waals surface area (Å²) >= 11 is 5.89. The van der Waals surface area contributed by atoms with Crippen molar-refractivity contribution in [3.05, 3.63) is 53.6 Å². The van der Waals surface area contributed by atoms with Gasteiger partial charge in [0.2, 0.25) is 21.8 Å². The molecular weight excluding hydrogens is 426 g/mol. The summed E-state index contributed by atoms with van der Waals surface area (Å²) in [5.41, 5.74) is 1.18. The van der Waals surface area contributed by atoms with E-state index >= 15 is 0 Å². The van der Waals surface area contributed by atoms with Crippen LogP contribution in [-0.2, 0) is 19.6 Å². The van der Waals surface area contributed by atoms with Gasteiger partial charge in [-0.1, -0.05) is 25.4 Å². The zero-order valence-electron chi connectivity index (χ0n) is 16.8. The largest absolute Gasteiger partial charge is 0.326 e. The van der Waals surface area contributed by atoms with Gasteiger partial charge in [0, 0.05) is 42.5 Å². The van der Waals surface area contributed by atoms with Crippen LogP contribution >= 0.6 is 11.6 Å². The summed E-state index contributed by atoms with van der Waals surface area (Å²) in [7, 11) is -3.55. The van der Waals surface area contributed by atoms with Crippen LogP contribution in [0.4, 0.5) is 11.4 Å². The maximum Gasteiger partial charge on any atom is 0.243 e. The van der Waals surface area contributed by atoms with E-state index in [0.717, 1.165) is 0 Å². The van der Waals surface area contributed by atoms with Crippen molar-refractivity contribution in [1.29, 1.82) is 0 Å². The Morgan fingerprint density at radius 1 is 1.10 bits per heavy atom. The lowest BCUT2D eigenvalue weighted by Gasteiger charge is -2.19. The molecule has 1 unspecified atom stereocenters. The molecule has 1 atom stereocenters.